The van der Waals surface area contributed by atoms with Crippen molar-refractivity contribution in [1.29, 1.82) is 0 Å². The molecule has 6 heteroatoms. The van der Waals surface area contributed by atoms with Gasteiger partial charge in [-0.1, -0.05) is 13.8 Å². The predicted octanol–water partition coefficient (Wildman–Crippen LogP) is 2.98. The Morgan fingerprint density at radius 3 is 2.42 bits per heavy atom. The minimum absolute atomic E-state index is 0.180. The van der Waals surface area contributed by atoms with Crippen LogP contribution in [-0.4, -0.2) is 36.5 Å². The van der Waals surface area contributed by atoms with E-state index in [9.17, 15) is 4.79 Å². The maximum Gasteiger partial charge on any atom is 0.270 e. The number of hydrogen-bond donors (Lipinski definition) is 2. The number of anilines is 3. The molecule has 0 aliphatic carbocycles. The molecule has 0 fully saturated rings. The third kappa shape index (κ3) is 4.94. The van der Waals surface area contributed by atoms with Crippen molar-refractivity contribution >= 4 is 23.1 Å². The van der Waals surface area contributed by atoms with Crippen molar-refractivity contribution in [2.75, 3.05) is 30.9 Å². The summed E-state index contributed by atoms with van der Waals surface area (Å²) >= 11 is 0. The van der Waals surface area contributed by atoms with Gasteiger partial charge in [0.05, 0.1) is 0 Å². The highest BCUT2D eigenvalue weighted by molar-refractivity contribution is 5.93. The summed E-state index contributed by atoms with van der Waals surface area (Å²) in [6.45, 7) is 6.50. The third-order valence-corrected chi connectivity index (χ3v) is 3.40. The Hall–Kier alpha value is -2.63. The summed E-state index contributed by atoms with van der Waals surface area (Å²) in [5.74, 6) is 1.37. The molecular formula is C18H25N5O. The van der Waals surface area contributed by atoms with E-state index in [0.717, 1.165) is 11.4 Å². The number of carbonyl (C=O) groups is 1. The number of aromatic nitrogens is 2. The molecule has 0 radical (unpaired) electrons. The van der Waals surface area contributed by atoms with Crippen LogP contribution >= 0.6 is 0 Å². The SMILES string of the molecule is Cc1nc(Nc2ccc(N(C)C)cc2)cc(C(=O)NCC(C)C)n1. The van der Waals surface area contributed by atoms with Crippen LogP contribution in [0.5, 0.6) is 0 Å². The van der Waals surface area contributed by atoms with E-state index < -0.39 is 0 Å². The smallest absolute Gasteiger partial charge is 0.270 e. The molecule has 0 saturated heterocycles. The van der Waals surface area contributed by atoms with Crippen LogP contribution in [0.15, 0.2) is 30.3 Å². The molecule has 6 nitrogen and oxygen atoms in total. The van der Waals surface area contributed by atoms with E-state index in [-0.39, 0.29) is 5.91 Å². The lowest BCUT2D eigenvalue weighted by atomic mass is 10.2. The van der Waals surface area contributed by atoms with E-state index in [4.69, 9.17) is 0 Å². The van der Waals surface area contributed by atoms with Gasteiger partial charge in [0.1, 0.15) is 17.3 Å². The summed E-state index contributed by atoms with van der Waals surface area (Å²) in [4.78, 5) is 22.8. The molecule has 0 aliphatic heterocycles. The molecule has 0 atom stereocenters. The van der Waals surface area contributed by atoms with Gasteiger partial charge >= 0.3 is 0 Å². The highest BCUT2D eigenvalue weighted by atomic mass is 16.1. The average Bonchev–Trinajstić information content (AvgIpc) is 2.52. The molecule has 0 spiro atoms. The average molecular weight is 327 g/mol. The third-order valence-electron chi connectivity index (χ3n) is 3.40. The molecule has 2 rings (SSSR count). The van der Waals surface area contributed by atoms with Gasteiger partial charge in [0.2, 0.25) is 0 Å². The first-order valence-electron chi connectivity index (χ1n) is 8.03. The second-order valence-electron chi connectivity index (χ2n) is 6.36. The fourth-order valence-corrected chi connectivity index (χ4v) is 2.13. The summed E-state index contributed by atoms with van der Waals surface area (Å²) in [7, 11) is 4.00. The van der Waals surface area contributed by atoms with Crippen LogP contribution < -0.4 is 15.5 Å². The molecule has 2 N–H and O–H groups in total. The Labute approximate surface area is 143 Å². The Kier molecular flexibility index (Phi) is 5.73. The minimum Gasteiger partial charge on any atom is -0.378 e. The minimum atomic E-state index is -0.180. The van der Waals surface area contributed by atoms with E-state index in [0.29, 0.717) is 29.8 Å². The first-order chi connectivity index (χ1) is 11.3. The normalized spacial score (nSPS) is 10.6. The largest absolute Gasteiger partial charge is 0.378 e. The Balaban J connectivity index is 2.14. The number of nitrogens with zero attached hydrogens (tertiary/aromatic N) is 3. The van der Waals surface area contributed by atoms with Crippen LogP contribution in [0, 0.1) is 12.8 Å². The first-order valence-corrected chi connectivity index (χ1v) is 8.03. The highest BCUT2D eigenvalue weighted by Gasteiger charge is 2.11. The number of amides is 1. The fraction of sp³-hybridized carbons (Fsp3) is 0.389. The number of carbonyl (C=O) groups excluding carboxylic acids is 1. The lowest BCUT2D eigenvalue weighted by molar-refractivity contribution is 0.0943. The van der Waals surface area contributed by atoms with E-state index in [1.807, 2.05) is 43.3 Å². The highest BCUT2D eigenvalue weighted by Crippen LogP contribution is 2.19. The van der Waals surface area contributed by atoms with E-state index in [1.165, 1.54) is 0 Å². The summed E-state index contributed by atoms with van der Waals surface area (Å²) in [5, 5.41) is 6.10. The van der Waals surface area contributed by atoms with Crippen LogP contribution in [0.2, 0.25) is 0 Å². The zero-order valence-electron chi connectivity index (χ0n) is 14.9. The molecule has 0 saturated carbocycles. The standard InChI is InChI=1S/C18H25N5O/c1-12(2)11-19-18(24)16-10-17(21-13(3)20-16)22-14-6-8-15(9-7-14)23(4)5/h6-10,12H,11H2,1-5H3,(H,19,24)(H,20,21,22). The molecule has 1 aromatic carbocycles. The maximum atomic E-state index is 12.2. The van der Waals surface area contributed by atoms with Crippen LogP contribution in [0.4, 0.5) is 17.2 Å². The lowest BCUT2D eigenvalue weighted by Gasteiger charge is -2.13. The van der Waals surface area contributed by atoms with Gasteiger partial charge < -0.3 is 15.5 Å². The van der Waals surface area contributed by atoms with E-state index in [2.05, 4.69) is 34.4 Å². The maximum absolute atomic E-state index is 12.2. The van der Waals surface area contributed by atoms with Gasteiger partial charge in [0, 0.05) is 38.1 Å². The number of benzene rings is 1. The molecule has 1 aromatic heterocycles. The molecule has 128 valence electrons. The lowest BCUT2D eigenvalue weighted by Crippen LogP contribution is -2.28. The van der Waals surface area contributed by atoms with Crippen molar-refractivity contribution in [3.8, 4) is 0 Å². The molecule has 0 unspecified atom stereocenters. The van der Waals surface area contributed by atoms with Crippen molar-refractivity contribution in [3.05, 3.63) is 41.9 Å². The molecule has 2 aromatic rings. The summed E-state index contributed by atoms with van der Waals surface area (Å²) in [5.41, 5.74) is 2.40. The molecular weight excluding hydrogens is 302 g/mol. The summed E-state index contributed by atoms with van der Waals surface area (Å²) in [6.07, 6.45) is 0. The van der Waals surface area contributed by atoms with Gasteiger partial charge in [-0.2, -0.15) is 0 Å². The Morgan fingerprint density at radius 2 is 1.83 bits per heavy atom. The Bertz CT molecular complexity index is 695. The number of nitrogens with one attached hydrogen (secondary N) is 2. The second kappa shape index (κ2) is 7.77. The van der Waals surface area contributed by atoms with Crippen LogP contribution in [0.25, 0.3) is 0 Å². The second-order valence-corrected chi connectivity index (χ2v) is 6.36. The van der Waals surface area contributed by atoms with Crippen LogP contribution in [0.3, 0.4) is 0 Å². The van der Waals surface area contributed by atoms with Gasteiger partial charge in [-0.3, -0.25) is 4.79 Å². The van der Waals surface area contributed by atoms with Crippen LogP contribution in [-0.2, 0) is 0 Å². The van der Waals surface area contributed by atoms with Gasteiger partial charge in [-0.15, -0.1) is 0 Å². The molecule has 1 amide bonds. The zero-order chi connectivity index (χ0) is 17.7. The van der Waals surface area contributed by atoms with Crippen molar-refractivity contribution in [3.63, 3.8) is 0 Å². The van der Waals surface area contributed by atoms with Crippen molar-refractivity contribution in [2.24, 2.45) is 5.92 Å². The van der Waals surface area contributed by atoms with Crippen molar-refractivity contribution in [1.82, 2.24) is 15.3 Å². The first kappa shape index (κ1) is 17.7. The zero-order valence-corrected chi connectivity index (χ0v) is 14.9. The predicted molar refractivity (Wildman–Crippen MR) is 98.0 cm³/mol. The summed E-state index contributed by atoms with van der Waals surface area (Å²) < 4.78 is 0. The topological polar surface area (TPSA) is 70.2 Å². The number of hydrogen-bond acceptors (Lipinski definition) is 5. The Morgan fingerprint density at radius 1 is 1.17 bits per heavy atom. The van der Waals surface area contributed by atoms with E-state index in [1.54, 1.807) is 13.0 Å². The van der Waals surface area contributed by atoms with E-state index >= 15 is 0 Å². The quantitative estimate of drug-likeness (QED) is 0.853. The summed E-state index contributed by atoms with van der Waals surface area (Å²) in [6, 6.07) is 9.67. The molecule has 1 heterocycles. The van der Waals surface area contributed by atoms with Crippen LogP contribution in [0.1, 0.15) is 30.2 Å². The van der Waals surface area contributed by atoms with Gasteiger partial charge in [-0.05, 0) is 37.1 Å². The number of rotatable bonds is 6. The molecule has 0 bridgehead atoms. The number of aryl methyl sites for hydroxylation is 1. The van der Waals surface area contributed by atoms with Crippen molar-refractivity contribution in [2.45, 2.75) is 20.8 Å². The van der Waals surface area contributed by atoms with Gasteiger partial charge in [0.15, 0.2) is 0 Å². The van der Waals surface area contributed by atoms with Crippen molar-refractivity contribution < 1.29 is 4.79 Å². The molecule has 0 aliphatic rings. The monoisotopic (exact) mass is 327 g/mol. The fourth-order valence-electron chi connectivity index (χ4n) is 2.13. The van der Waals surface area contributed by atoms with Gasteiger partial charge in [0.25, 0.3) is 5.91 Å². The van der Waals surface area contributed by atoms with Gasteiger partial charge in [-0.25, -0.2) is 9.97 Å². The molecule has 24 heavy (non-hydrogen) atoms.